The second-order valence-corrected chi connectivity index (χ2v) is 10.0. The van der Waals surface area contributed by atoms with E-state index in [1.807, 2.05) is 48.5 Å². The van der Waals surface area contributed by atoms with Crippen LogP contribution in [0.25, 0.3) is 44.5 Å². The van der Waals surface area contributed by atoms with Crippen LogP contribution in [-0.2, 0) is 0 Å². The first kappa shape index (κ1) is 26.4. The molecule has 1 aliphatic carbocycles. The monoisotopic (exact) mass is 544 g/mol. The number of hydrogen-bond acceptors (Lipinski definition) is 5. The van der Waals surface area contributed by atoms with E-state index in [4.69, 9.17) is 4.42 Å². The molecule has 0 saturated carbocycles. The highest BCUT2D eigenvalue weighted by Gasteiger charge is 2.24. The zero-order valence-electron chi connectivity index (χ0n) is 24.0. The summed E-state index contributed by atoms with van der Waals surface area (Å²) in [5, 5.41) is 10.5. The van der Waals surface area contributed by atoms with Gasteiger partial charge in [0.25, 0.3) is 5.91 Å². The fourth-order valence-electron chi connectivity index (χ4n) is 5.75. The summed E-state index contributed by atoms with van der Waals surface area (Å²) in [6.07, 6.45) is 0. The smallest absolute Gasteiger partial charge is 0.280 e. The normalized spacial score (nSPS) is 11.4. The van der Waals surface area contributed by atoms with Crippen LogP contribution in [0.1, 0.15) is 38.1 Å². The number of carbonyl (C=O) groups excluding carboxylic acids is 1. The van der Waals surface area contributed by atoms with Crippen molar-refractivity contribution in [1.82, 2.24) is 19.6 Å². The molecule has 0 atom stereocenters. The van der Waals surface area contributed by atoms with Crippen LogP contribution < -0.4 is 14.8 Å². The van der Waals surface area contributed by atoms with Gasteiger partial charge in [-0.3, -0.25) is 4.79 Å². The Balaban J connectivity index is 1.65. The first-order valence-electron chi connectivity index (χ1n) is 14.4. The number of para-hydroxylation sites is 1. The Morgan fingerprint density at radius 1 is 0.854 bits per heavy atom. The third-order valence-electron chi connectivity index (χ3n) is 7.92. The summed E-state index contributed by atoms with van der Waals surface area (Å²) >= 11 is 0. The van der Waals surface area contributed by atoms with Crippen molar-refractivity contribution in [2.24, 2.45) is 0 Å². The summed E-state index contributed by atoms with van der Waals surface area (Å²) in [5.41, 5.74) is 6.54. The average Bonchev–Trinajstić information content (AvgIpc) is 3.45. The molecule has 0 bridgehead atoms. The van der Waals surface area contributed by atoms with Gasteiger partial charge < -0.3 is 9.32 Å². The van der Waals surface area contributed by atoms with Gasteiger partial charge in [0.2, 0.25) is 5.36 Å². The fourth-order valence-corrected chi connectivity index (χ4v) is 5.75. The number of benzene rings is 4. The highest BCUT2D eigenvalue weighted by atomic mass is 16.3. The molecule has 0 spiro atoms. The van der Waals surface area contributed by atoms with Gasteiger partial charge in [0.1, 0.15) is 29.9 Å². The molecule has 3 aromatic carbocycles. The Labute approximate surface area is 239 Å². The highest BCUT2D eigenvalue weighted by Crippen LogP contribution is 2.42. The predicted molar refractivity (Wildman–Crippen MR) is 165 cm³/mol. The molecule has 4 aromatic rings. The van der Waals surface area contributed by atoms with Crippen molar-refractivity contribution in [3.63, 3.8) is 0 Å². The van der Waals surface area contributed by atoms with Crippen molar-refractivity contribution < 1.29 is 9.21 Å². The molecule has 1 aromatic heterocycles. The van der Waals surface area contributed by atoms with E-state index in [-0.39, 0.29) is 5.91 Å². The minimum atomic E-state index is -0.226. The van der Waals surface area contributed by atoms with E-state index in [1.54, 1.807) is 0 Å². The average molecular weight is 545 g/mol. The largest absolute Gasteiger partial charge is 0.456 e. The zero-order valence-corrected chi connectivity index (χ0v) is 24.0. The van der Waals surface area contributed by atoms with Crippen molar-refractivity contribution in [2.75, 3.05) is 31.1 Å². The van der Waals surface area contributed by atoms with Gasteiger partial charge in [-0.2, -0.15) is 4.68 Å². The van der Waals surface area contributed by atoms with Gasteiger partial charge in [-0.25, -0.2) is 4.58 Å². The van der Waals surface area contributed by atoms with E-state index in [1.165, 1.54) is 4.68 Å². The maximum Gasteiger partial charge on any atom is 0.280 e. The first-order valence-corrected chi connectivity index (χ1v) is 14.4. The molecule has 41 heavy (non-hydrogen) atoms. The second kappa shape index (κ2) is 11.0. The van der Waals surface area contributed by atoms with Crippen LogP contribution in [-0.4, -0.2) is 47.1 Å². The zero-order chi connectivity index (χ0) is 28.5. The van der Waals surface area contributed by atoms with Gasteiger partial charge in [0.05, 0.1) is 11.6 Å². The van der Waals surface area contributed by atoms with Crippen LogP contribution in [0.3, 0.4) is 0 Å². The standard InChI is InChI=1S/C34H34N5O2/c1-5-37(6-2)23-17-19-27-31(21-23)41-32-22-24(38(7-3)8-4)18-20-28(32)33(27)25-13-9-10-14-26(25)34(40)39-30-16-12-11-15-29(30)35-36-39/h9-22H,5-8H2,1-4H3/q+1. The van der Waals surface area contributed by atoms with E-state index in [2.05, 4.69) is 83.9 Å². The van der Waals surface area contributed by atoms with Crippen LogP contribution >= 0.6 is 0 Å². The summed E-state index contributed by atoms with van der Waals surface area (Å²) in [6, 6.07) is 28.0. The molecular formula is C34H34N5O2+. The summed E-state index contributed by atoms with van der Waals surface area (Å²) in [6.45, 7) is 12.2. The number of aromatic nitrogens is 3. The molecular weight excluding hydrogens is 510 g/mol. The van der Waals surface area contributed by atoms with Crippen molar-refractivity contribution in [1.29, 1.82) is 0 Å². The second-order valence-electron chi connectivity index (χ2n) is 10.0. The Kier molecular flexibility index (Phi) is 7.10. The topological polar surface area (TPSA) is 67.2 Å². The third kappa shape index (κ3) is 4.57. The lowest BCUT2D eigenvalue weighted by molar-refractivity contribution is 0.0949. The van der Waals surface area contributed by atoms with Crippen molar-refractivity contribution >= 4 is 33.6 Å². The number of nitrogens with zero attached hydrogens (tertiary/aromatic N) is 5. The summed E-state index contributed by atoms with van der Waals surface area (Å²) in [7, 11) is 0. The summed E-state index contributed by atoms with van der Waals surface area (Å²) in [4.78, 5) is 16.4. The van der Waals surface area contributed by atoms with Crippen LogP contribution in [0.5, 0.6) is 0 Å². The molecule has 0 N–H and O–H groups in total. The highest BCUT2D eigenvalue weighted by molar-refractivity contribution is 6.11. The molecule has 2 aliphatic rings. The molecule has 206 valence electrons. The molecule has 0 fully saturated rings. The first-order chi connectivity index (χ1) is 20.1. The fraction of sp³-hybridized carbons (Fsp3) is 0.235. The van der Waals surface area contributed by atoms with Gasteiger partial charge in [-0.1, -0.05) is 35.5 Å². The quantitative estimate of drug-likeness (QED) is 0.174. The van der Waals surface area contributed by atoms with Gasteiger partial charge in [0.15, 0.2) is 0 Å². The molecule has 6 rings (SSSR count). The molecule has 1 aliphatic heterocycles. The Bertz CT molecular complexity index is 1920. The molecule has 0 unspecified atom stereocenters. The van der Waals surface area contributed by atoms with E-state index >= 15 is 0 Å². The molecule has 0 saturated heterocycles. The van der Waals surface area contributed by atoms with Crippen molar-refractivity contribution in [2.45, 2.75) is 27.7 Å². The molecule has 0 amide bonds. The number of rotatable bonds is 7. The molecule has 2 heterocycles. The van der Waals surface area contributed by atoms with E-state index in [0.717, 1.165) is 70.6 Å². The Morgan fingerprint density at radius 2 is 1.61 bits per heavy atom. The summed E-state index contributed by atoms with van der Waals surface area (Å²) in [5.74, 6) is 0.554. The van der Waals surface area contributed by atoms with Crippen LogP contribution in [0.15, 0.2) is 89.3 Å². The summed E-state index contributed by atoms with van der Waals surface area (Å²) < 4.78 is 10.3. The Hall–Kier alpha value is -4.78. The number of carbonyl (C=O) groups is 1. The van der Waals surface area contributed by atoms with Gasteiger partial charge in [-0.05, 0) is 69.7 Å². The van der Waals surface area contributed by atoms with Gasteiger partial charge in [0, 0.05) is 53.0 Å². The Morgan fingerprint density at radius 3 is 2.39 bits per heavy atom. The van der Waals surface area contributed by atoms with Crippen molar-refractivity contribution in [3.05, 3.63) is 95.8 Å². The molecule has 7 nitrogen and oxygen atoms in total. The van der Waals surface area contributed by atoms with Gasteiger partial charge >= 0.3 is 0 Å². The minimum absolute atomic E-state index is 0.226. The van der Waals surface area contributed by atoms with Crippen LogP contribution in [0.4, 0.5) is 5.69 Å². The number of anilines is 1. The van der Waals surface area contributed by atoms with Gasteiger partial charge in [-0.15, -0.1) is 5.10 Å². The van der Waals surface area contributed by atoms with Crippen molar-refractivity contribution in [3.8, 4) is 22.5 Å². The molecule has 7 heteroatoms. The third-order valence-corrected chi connectivity index (χ3v) is 7.92. The van der Waals surface area contributed by atoms with Crippen LogP contribution in [0.2, 0.25) is 0 Å². The van der Waals surface area contributed by atoms with Crippen LogP contribution in [0, 0.1) is 0 Å². The minimum Gasteiger partial charge on any atom is -0.456 e. The lowest BCUT2D eigenvalue weighted by Gasteiger charge is -2.22. The SMILES string of the molecule is CCN(CC)c1ccc2c(-c3ccccc3C(=O)n3nnc4ccccc43)c3ccc(=[N+](CC)CC)cc-3oc2c1. The lowest BCUT2D eigenvalue weighted by Crippen LogP contribution is -2.29. The lowest BCUT2D eigenvalue weighted by atomic mass is 9.90. The van der Waals surface area contributed by atoms with E-state index < -0.39 is 0 Å². The van der Waals surface area contributed by atoms with E-state index in [0.29, 0.717) is 16.6 Å². The molecule has 0 radical (unpaired) electrons. The van der Waals surface area contributed by atoms with E-state index in [9.17, 15) is 4.79 Å². The maximum atomic E-state index is 14.1. The number of hydrogen-bond donors (Lipinski definition) is 0. The maximum absolute atomic E-state index is 14.1. The predicted octanol–water partition coefficient (Wildman–Crippen LogP) is 6.30. The number of fused-ring (bicyclic) bond motifs is 3.